The van der Waals surface area contributed by atoms with Gasteiger partial charge >= 0.3 is 5.97 Å². The Morgan fingerprint density at radius 1 is 1.05 bits per heavy atom. The molecular weight excluding hydrogens is 274 g/mol. The van der Waals surface area contributed by atoms with Crippen molar-refractivity contribution in [3.8, 4) is 0 Å². The summed E-state index contributed by atoms with van der Waals surface area (Å²) in [4.78, 5) is 11.8. The van der Waals surface area contributed by atoms with Crippen LogP contribution < -0.4 is 0 Å². The number of carbonyl (C=O) groups excluding carboxylic acids is 1. The zero-order valence-corrected chi connectivity index (χ0v) is 10.5. The Morgan fingerprint density at radius 2 is 1.70 bits per heavy atom. The number of carbonyl (C=O) groups is 1. The monoisotopic (exact) mass is 290 g/mol. The first-order valence-electron chi connectivity index (χ1n) is 6.09. The third-order valence-electron chi connectivity index (χ3n) is 3.04. The van der Waals surface area contributed by atoms with E-state index in [9.17, 15) is 25.2 Å². The van der Waals surface area contributed by atoms with Crippen LogP contribution in [-0.2, 0) is 20.9 Å². The minimum atomic E-state index is -1.76. The third-order valence-corrected chi connectivity index (χ3v) is 3.04. The molecule has 2 rings (SSSR count). The van der Waals surface area contributed by atoms with Crippen molar-refractivity contribution in [3.63, 3.8) is 0 Å². The van der Waals surface area contributed by atoms with Crippen molar-refractivity contribution in [1.29, 1.82) is 0 Å². The van der Waals surface area contributed by atoms with E-state index in [1.165, 1.54) is 0 Å². The molecule has 5 atom stereocenters. The molecule has 1 aliphatic heterocycles. The van der Waals surface area contributed by atoms with Crippen LogP contribution in [0.1, 0.15) is 5.56 Å². The van der Waals surface area contributed by atoms with E-state index in [0.717, 1.165) is 5.56 Å². The van der Waals surface area contributed by atoms with Crippen molar-refractivity contribution in [3.05, 3.63) is 35.9 Å². The lowest BCUT2D eigenvalue weighted by Gasteiger charge is -2.36. The van der Waals surface area contributed by atoms with Gasteiger partial charge in [0.1, 0.15) is 24.9 Å². The van der Waals surface area contributed by atoms with E-state index in [2.05, 4.69) is 0 Å². The average molecular weight is 290 g/mol. The van der Waals surface area contributed by atoms with Crippen molar-refractivity contribution < 1.29 is 34.7 Å². The van der Waals surface area contributed by atoms with E-state index in [-0.39, 0.29) is 6.61 Å². The van der Waals surface area contributed by atoms with E-state index < -0.39 is 36.7 Å². The zero-order chi connectivity index (χ0) is 14.7. The Kier molecular flexibility index (Phi) is 4.69. The lowest BCUT2D eigenvalue weighted by Crippen LogP contribution is -2.59. The van der Waals surface area contributed by atoms with Crippen molar-refractivity contribution in [2.75, 3.05) is 0 Å². The molecule has 1 unspecified atom stereocenters. The molecule has 0 aliphatic carbocycles. The zero-order valence-electron chi connectivity index (χ0n) is 10.5. The molecule has 4 N–H and O–H groups in total. The normalized spacial score (nSPS) is 33.7. The number of benzene rings is 1. The molecule has 0 saturated carbocycles. The maximum Gasteiger partial charge on any atom is 0.338 e. The fourth-order valence-corrected chi connectivity index (χ4v) is 1.87. The Bertz CT molecular complexity index is 449. The SMILES string of the molecule is O=[13C](OCc1ccccc1)[13C@H]1O[13CH](O)[13C@H](O)[13C@@H](O)[13C@@H]1O. The van der Waals surface area contributed by atoms with Crippen LogP contribution >= 0.6 is 0 Å². The number of aliphatic hydroxyl groups is 4. The molecule has 7 heteroatoms. The molecule has 7 nitrogen and oxygen atoms in total. The summed E-state index contributed by atoms with van der Waals surface area (Å²) in [6.07, 6.45) is -8.34. The lowest BCUT2D eigenvalue weighted by molar-refractivity contribution is -0.281. The second-order valence-electron chi connectivity index (χ2n) is 4.51. The highest BCUT2D eigenvalue weighted by Crippen LogP contribution is 2.21. The van der Waals surface area contributed by atoms with Gasteiger partial charge in [-0.3, -0.25) is 0 Å². The molecule has 0 amide bonds. The molecule has 0 aromatic heterocycles. The predicted molar refractivity (Wildman–Crippen MR) is 65.1 cm³/mol. The second kappa shape index (κ2) is 6.29. The van der Waals surface area contributed by atoms with Gasteiger partial charge in [-0.2, -0.15) is 0 Å². The van der Waals surface area contributed by atoms with Gasteiger partial charge in [-0.15, -0.1) is 0 Å². The Balaban J connectivity index is 1.95. The minimum absolute atomic E-state index is 0.0268. The number of ether oxygens (including phenoxy) is 2. The maximum atomic E-state index is 11.8. The molecule has 20 heavy (non-hydrogen) atoms. The first-order valence-corrected chi connectivity index (χ1v) is 6.09. The van der Waals surface area contributed by atoms with Gasteiger partial charge in [-0.05, 0) is 5.56 Å². The average Bonchev–Trinajstić information content (AvgIpc) is 2.47. The predicted octanol–water partition coefficient (Wildman–Crippen LogP) is -1.47. The summed E-state index contributed by atoms with van der Waals surface area (Å²) in [5.41, 5.74) is 0.743. The van der Waals surface area contributed by atoms with Crippen LogP contribution in [0.4, 0.5) is 0 Å². The molecule has 1 aliphatic rings. The van der Waals surface area contributed by atoms with Gasteiger partial charge in [0.05, 0.1) is 0 Å². The van der Waals surface area contributed by atoms with Gasteiger partial charge in [-0.1, -0.05) is 30.3 Å². The first-order chi connectivity index (χ1) is 9.50. The first kappa shape index (κ1) is 14.9. The Morgan fingerprint density at radius 3 is 2.35 bits per heavy atom. The second-order valence-corrected chi connectivity index (χ2v) is 4.51. The van der Waals surface area contributed by atoms with Crippen LogP contribution in [0.3, 0.4) is 0 Å². The largest absolute Gasteiger partial charge is 0.459 e. The highest BCUT2D eigenvalue weighted by atomic mass is 16.8. The fraction of sp³-hybridized carbons (Fsp3) is 0.462. The summed E-state index contributed by atoms with van der Waals surface area (Å²) < 4.78 is 9.69. The summed E-state index contributed by atoms with van der Waals surface area (Å²) in [5, 5.41) is 37.7. The highest BCUT2D eigenvalue weighted by molar-refractivity contribution is 5.75. The van der Waals surface area contributed by atoms with E-state index in [4.69, 9.17) is 9.47 Å². The maximum absolute atomic E-state index is 11.8. The number of rotatable bonds is 3. The Labute approximate surface area is 115 Å². The minimum Gasteiger partial charge on any atom is -0.459 e. The van der Waals surface area contributed by atoms with Gasteiger partial charge in [-0.25, -0.2) is 4.79 Å². The topological polar surface area (TPSA) is 116 Å². The third kappa shape index (κ3) is 3.14. The van der Waals surface area contributed by atoms with Crippen LogP contribution in [0.5, 0.6) is 0 Å². The molecule has 1 heterocycles. The molecule has 110 valence electrons. The van der Waals surface area contributed by atoms with Gasteiger partial charge in [0.15, 0.2) is 12.4 Å². The smallest absolute Gasteiger partial charge is 0.338 e. The van der Waals surface area contributed by atoms with Crippen molar-refractivity contribution >= 4 is 5.97 Å². The van der Waals surface area contributed by atoms with E-state index in [1.54, 1.807) is 24.3 Å². The lowest BCUT2D eigenvalue weighted by atomic mass is 10.2. The van der Waals surface area contributed by atoms with E-state index in [1.807, 2.05) is 6.07 Å². The Hall–Kier alpha value is -1.51. The quantitative estimate of drug-likeness (QED) is 0.396. The molecule has 0 radical (unpaired) electrons. The molecular formula is C13H16O7. The van der Waals surface area contributed by atoms with Gasteiger partial charge in [0, 0.05) is 0 Å². The van der Waals surface area contributed by atoms with Crippen LogP contribution in [0, 0.1) is 0 Å². The number of hydrogen-bond donors (Lipinski definition) is 4. The highest BCUT2D eigenvalue weighted by Gasteiger charge is 2.46. The van der Waals surface area contributed by atoms with Crippen molar-refractivity contribution in [1.82, 2.24) is 0 Å². The molecule has 1 aromatic rings. The fourth-order valence-electron chi connectivity index (χ4n) is 1.87. The van der Waals surface area contributed by atoms with Gasteiger partial charge in [0.25, 0.3) is 0 Å². The van der Waals surface area contributed by atoms with E-state index >= 15 is 0 Å². The van der Waals surface area contributed by atoms with Crippen molar-refractivity contribution in [2.24, 2.45) is 0 Å². The number of aliphatic hydroxyl groups excluding tert-OH is 4. The van der Waals surface area contributed by atoms with Gasteiger partial charge < -0.3 is 29.9 Å². The molecule has 1 aromatic carbocycles. The van der Waals surface area contributed by atoms with Crippen molar-refractivity contribution in [2.45, 2.75) is 37.3 Å². The number of hydrogen-bond acceptors (Lipinski definition) is 7. The number of esters is 1. The van der Waals surface area contributed by atoms with Crippen LogP contribution in [0.15, 0.2) is 30.3 Å². The van der Waals surface area contributed by atoms with Gasteiger partial charge in [0.2, 0.25) is 0 Å². The molecule has 0 spiro atoms. The summed E-state index contributed by atoms with van der Waals surface area (Å²) >= 11 is 0. The van der Waals surface area contributed by atoms with Crippen LogP contribution in [0.2, 0.25) is 0 Å². The summed E-state index contributed by atoms with van der Waals surface area (Å²) in [7, 11) is 0. The molecule has 1 saturated heterocycles. The summed E-state index contributed by atoms with van der Waals surface area (Å²) in [5.74, 6) is -0.925. The molecule has 1 fully saturated rings. The summed E-state index contributed by atoms with van der Waals surface area (Å²) in [6.45, 7) is -0.0268. The van der Waals surface area contributed by atoms with Crippen LogP contribution in [-0.4, -0.2) is 57.1 Å². The molecule has 0 bridgehead atoms. The van der Waals surface area contributed by atoms with Crippen LogP contribution in [0.25, 0.3) is 0 Å². The summed E-state index contributed by atoms with van der Waals surface area (Å²) in [6, 6.07) is 8.86. The van der Waals surface area contributed by atoms with E-state index in [0.29, 0.717) is 0 Å². The standard InChI is InChI=1S/C13H16O7/c14-8-9(15)11(20-12(17)10(8)16)13(18)19-6-7-4-2-1-3-5-7/h1-5,8-12,14-17H,6H2/t8-,9-,10+,11-,12?/m0/s1/i8+1,9+1,10+1,11+1,12+1,13+1.